The quantitative estimate of drug-likeness (QED) is 0.0773. The number of anilines is 2. The van der Waals surface area contributed by atoms with Crippen molar-refractivity contribution in [2.45, 2.75) is 56.1 Å². The van der Waals surface area contributed by atoms with Crippen LogP contribution in [0, 0.1) is 15.5 Å². The monoisotopic (exact) mass is 881 g/mol. The molecule has 2 aliphatic carbocycles. The summed E-state index contributed by atoms with van der Waals surface area (Å²) >= 11 is 6.25. The Hall–Kier alpha value is -5.52. The average Bonchev–Trinajstić information content (AvgIpc) is 3.84. The summed E-state index contributed by atoms with van der Waals surface area (Å²) in [7, 11) is -4.58. The van der Waals surface area contributed by atoms with E-state index in [1.165, 1.54) is 54.3 Å². The van der Waals surface area contributed by atoms with Crippen LogP contribution in [0.3, 0.4) is 0 Å². The molecular weight excluding hydrogens is 834 g/mol. The molecule has 3 N–H and O–H groups in total. The lowest BCUT2D eigenvalue weighted by molar-refractivity contribution is -0.384. The standard InChI is InChI=1S/C45H48ClN7O8S/c1-29-26-52(17-16-51(29)27-32-23-45(13-14-45)12-10-38(32)30-2-4-33(46)5-3-30)34-6-8-39(42(21-34)61-35-20-31-11-15-47-43(31)49-24-35)44(54)50-62(57,58)37-7-9-40(41(22-37)53(55)56)48-25-36-28-59-18-19-60-36/h2-9,11,15,20-22,24,29,36,48H,10,12-14,16-19,23,25-28H2,1H3,(H,47,49)(H,50,54)/t29-,36+/m1/s1. The second kappa shape index (κ2) is 17.3. The summed E-state index contributed by atoms with van der Waals surface area (Å²) in [5.74, 6) is -0.500. The van der Waals surface area contributed by atoms with E-state index in [1.807, 2.05) is 18.2 Å². The number of rotatable bonds is 13. The molecular formula is C45H48ClN7O8S. The SMILES string of the molecule is C[C@@H]1CN(c2ccc(C(=O)NS(=O)(=O)c3ccc(NC[C@H]4COCCO4)c([N+](=O)[O-])c3)c(Oc3cnc4[nH]ccc4c3)c2)CCN1CC1=C(c2ccc(Cl)cc2)CCC2(CC2)C1. The van der Waals surface area contributed by atoms with Crippen LogP contribution in [0.1, 0.15) is 54.9 Å². The second-order valence-electron chi connectivity index (χ2n) is 16.7. The summed E-state index contributed by atoms with van der Waals surface area (Å²) in [6.45, 7) is 6.81. The van der Waals surface area contributed by atoms with E-state index in [0.717, 1.165) is 61.2 Å². The lowest BCUT2D eigenvalue weighted by Gasteiger charge is -2.42. The Morgan fingerprint density at radius 3 is 2.66 bits per heavy atom. The topological polar surface area (TPSA) is 181 Å². The molecule has 3 aromatic carbocycles. The van der Waals surface area contributed by atoms with Crippen LogP contribution in [0.2, 0.25) is 5.02 Å². The Morgan fingerprint density at radius 1 is 1.06 bits per heavy atom. The summed E-state index contributed by atoms with van der Waals surface area (Å²) in [6.07, 6.45) is 9.01. The molecule has 2 atom stereocenters. The molecule has 62 heavy (non-hydrogen) atoms. The third-order valence-electron chi connectivity index (χ3n) is 12.5. The van der Waals surface area contributed by atoms with E-state index in [0.29, 0.717) is 36.6 Å². The second-order valence-corrected chi connectivity index (χ2v) is 18.8. The number of pyridine rings is 1. The predicted octanol–water partition coefficient (Wildman–Crippen LogP) is 7.79. The molecule has 2 saturated heterocycles. The fourth-order valence-corrected chi connectivity index (χ4v) is 9.97. The zero-order valence-corrected chi connectivity index (χ0v) is 35.8. The number of nitro groups is 1. The fourth-order valence-electron chi connectivity index (χ4n) is 8.85. The molecule has 324 valence electrons. The Labute approximate surface area is 364 Å². The number of nitro benzene ring substituents is 1. The summed E-state index contributed by atoms with van der Waals surface area (Å²) in [6, 6.07) is 20.6. The molecule has 4 heterocycles. The van der Waals surface area contributed by atoms with Crippen LogP contribution in [0.4, 0.5) is 17.1 Å². The van der Waals surface area contributed by atoms with Gasteiger partial charge in [0.25, 0.3) is 21.6 Å². The average molecular weight is 882 g/mol. The number of nitrogens with zero attached hydrogens (tertiary/aromatic N) is 4. The van der Waals surface area contributed by atoms with Crippen molar-refractivity contribution in [3.8, 4) is 11.5 Å². The van der Waals surface area contributed by atoms with Crippen molar-refractivity contribution in [3.63, 3.8) is 0 Å². The highest BCUT2D eigenvalue weighted by Crippen LogP contribution is 2.58. The normalized spacial score (nSPS) is 20.3. The van der Waals surface area contributed by atoms with Crippen molar-refractivity contribution in [2.24, 2.45) is 5.41 Å². The molecule has 2 aliphatic heterocycles. The molecule has 1 saturated carbocycles. The highest BCUT2D eigenvalue weighted by molar-refractivity contribution is 7.90. The van der Waals surface area contributed by atoms with Crippen LogP contribution in [0.5, 0.6) is 11.5 Å². The molecule has 4 aliphatic rings. The summed E-state index contributed by atoms with van der Waals surface area (Å²) in [5.41, 5.74) is 5.73. The number of aromatic amines is 1. The van der Waals surface area contributed by atoms with E-state index in [4.69, 9.17) is 25.8 Å². The smallest absolute Gasteiger partial charge is 0.293 e. The number of carbonyl (C=O) groups excluding carboxylic acids is 1. The van der Waals surface area contributed by atoms with Crippen LogP contribution in [0.15, 0.2) is 95.7 Å². The number of hydrogen-bond acceptors (Lipinski definition) is 12. The van der Waals surface area contributed by atoms with Gasteiger partial charge in [-0.1, -0.05) is 29.3 Å². The number of nitrogens with one attached hydrogen (secondary N) is 3. The number of sulfonamides is 1. The van der Waals surface area contributed by atoms with Gasteiger partial charge in [-0.15, -0.1) is 0 Å². The van der Waals surface area contributed by atoms with Crippen molar-refractivity contribution < 1.29 is 32.3 Å². The number of aromatic nitrogens is 2. The zero-order valence-electron chi connectivity index (χ0n) is 34.3. The zero-order chi connectivity index (χ0) is 43.0. The van der Waals surface area contributed by atoms with Crippen molar-refractivity contribution >= 4 is 61.2 Å². The van der Waals surface area contributed by atoms with E-state index in [2.05, 4.69) is 48.9 Å². The van der Waals surface area contributed by atoms with Crippen LogP contribution in [-0.2, 0) is 19.5 Å². The lowest BCUT2D eigenvalue weighted by atomic mass is 9.78. The number of piperazine rings is 1. The number of carbonyl (C=O) groups is 1. The van der Waals surface area contributed by atoms with Crippen LogP contribution in [-0.4, -0.2) is 98.8 Å². The highest BCUT2D eigenvalue weighted by atomic mass is 35.5. The Balaban J connectivity index is 0.943. The number of H-pyrrole nitrogens is 1. The van der Waals surface area contributed by atoms with E-state index in [-0.39, 0.29) is 35.7 Å². The molecule has 9 rings (SSSR count). The molecule has 2 aromatic heterocycles. The van der Waals surface area contributed by atoms with Gasteiger partial charge in [0, 0.05) is 73.2 Å². The number of hydrogen-bond donors (Lipinski definition) is 3. The molecule has 15 nitrogen and oxygen atoms in total. The van der Waals surface area contributed by atoms with E-state index in [9.17, 15) is 23.3 Å². The first-order valence-corrected chi connectivity index (χ1v) is 22.8. The Bertz CT molecular complexity index is 2640. The summed E-state index contributed by atoms with van der Waals surface area (Å²) < 4.78 is 46.8. The maximum absolute atomic E-state index is 14.0. The Kier molecular flexibility index (Phi) is 11.7. The van der Waals surface area contributed by atoms with Gasteiger partial charge in [0.05, 0.1) is 47.5 Å². The largest absolute Gasteiger partial charge is 0.455 e. The molecule has 5 aromatic rings. The van der Waals surface area contributed by atoms with Crippen molar-refractivity contribution in [1.82, 2.24) is 19.6 Å². The molecule has 1 amide bonds. The minimum Gasteiger partial charge on any atom is -0.455 e. The molecule has 0 radical (unpaired) electrons. The molecule has 1 spiro atoms. The highest BCUT2D eigenvalue weighted by Gasteiger charge is 2.45. The van der Waals surface area contributed by atoms with Crippen molar-refractivity contribution in [3.05, 3.63) is 117 Å². The van der Waals surface area contributed by atoms with Gasteiger partial charge in [0.2, 0.25) is 0 Å². The van der Waals surface area contributed by atoms with Crippen LogP contribution < -0.4 is 19.7 Å². The summed E-state index contributed by atoms with van der Waals surface area (Å²) in [5, 5.41) is 16.5. The third-order valence-corrected chi connectivity index (χ3v) is 14.1. The minimum atomic E-state index is -4.58. The van der Waals surface area contributed by atoms with Gasteiger partial charge in [-0.3, -0.25) is 19.8 Å². The third kappa shape index (κ3) is 9.15. The van der Waals surface area contributed by atoms with E-state index in [1.54, 1.807) is 30.5 Å². The summed E-state index contributed by atoms with van der Waals surface area (Å²) in [4.78, 5) is 37.2. The lowest BCUT2D eigenvalue weighted by Crippen LogP contribution is -2.52. The van der Waals surface area contributed by atoms with Gasteiger partial charge in [-0.2, -0.15) is 0 Å². The van der Waals surface area contributed by atoms with Gasteiger partial charge in [-0.25, -0.2) is 18.1 Å². The van der Waals surface area contributed by atoms with Crippen LogP contribution >= 0.6 is 11.6 Å². The van der Waals surface area contributed by atoms with Crippen molar-refractivity contribution in [2.75, 3.05) is 62.8 Å². The number of benzene rings is 3. The van der Waals surface area contributed by atoms with E-state index < -0.39 is 31.4 Å². The molecule has 0 bridgehead atoms. The molecule has 17 heteroatoms. The molecule has 0 unspecified atom stereocenters. The Morgan fingerprint density at radius 2 is 1.90 bits per heavy atom. The first-order chi connectivity index (χ1) is 29.9. The number of halogens is 1. The maximum atomic E-state index is 14.0. The first-order valence-electron chi connectivity index (χ1n) is 20.9. The van der Waals surface area contributed by atoms with Gasteiger partial charge in [-0.05, 0) is 104 Å². The number of amides is 1. The maximum Gasteiger partial charge on any atom is 0.293 e. The fraction of sp³-hybridized carbons (Fsp3) is 0.378. The van der Waals surface area contributed by atoms with E-state index >= 15 is 0 Å². The van der Waals surface area contributed by atoms with Gasteiger partial charge in [0.1, 0.15) is 22.8 Å². The van der Waals surface area contributed by atoms with Gasteiger partial charge in [0.15, 0.2) is 0 Å². The number of ether oxygens (including phenoxy) is 3. The van der Waals surface area contributed by atoms with Crippen LogP contribution in [0.25, 0.3) is 16.6 Å². The minimum absolute atomic E-state index is 0.0476. The number of fused-ring (bicyclic) bond motifs is 1. The number of allylic oxidation sites excluding steroid dienone is 1. The molecule has 3 fully saturated rings. The van der Waals surface area contributed by atoms with Gasteiger partial charge >= 0.3 is 0 Å². The van der Waals surface area contributed by atoms with Crippen molar-refractivity contribution in [1.29, 1.82) is 0 Å². The van der Waals surface area contributed by atoms with Gasteiger partial charge < -0.3 is 29.4 Å². The predicted molar refractivity (Wildman–Crippen MR) is 237 cm³/mol. The first kappa shape index (κ1) is 41.8.